The first-order chi connectivity index (χ1) is 12.6. The Morgan fingerprint density at radius 1 is 1.19 bits per heavy atom. The van der Waals surface area contributed by atoms with Crippen LogP contribution >= 0.6 is 12.2 Å². The van der Waals surface area contributed by atoms with E-state index < -0.39 is 0 Å². The van der Waals surface area contributed by atoms with Crippen molar-refractivity contribution in [2.45, 2.75) is 38.6 Å². The normalized spacial score (nSPS) is 15.0. The van der Waals surface area contributed by atoms with Gasteiger partial charge in [0, 0.05) is 30.4 Å². The van der Waals surface area contributed by atoms with E-state index >= 15 is 0 Å². The molecule has 1 heterocycles. The van der Waals surface area contributed by atoms with Crippen LogP contribution in [0.2, 0.25) is 0 Å². The second-order valence-electron chi connectivity index (χ2n) is 6.72. The van der Waals surface area contributed by atoms with Crippen LogP contribution in [-0.2, 0) is 11.2 Å². The molecule has 1 unspecified atom stereocenters. The molecule has 0 aromatic heterocycles. The molecule has 1 atom stereocenters. The molecule has 0 bridgehead atoms. The molecule has 2 aromatic rings. The molecule has 26 heavy (non-hydrogen) atoms. The first kappa shape index (κ1) is 18.4. The van der Waals surface area contributed by atoms with Crippen molar-refractivity contribution in [3.8, 4) is 0 Å². The van der Waals surface area contributed by atoms with Crippen molar-refractivity contribution in [1.29, 1.82) is 0 Å². The van der Waals surface area contributed by atoms with Gasteiger partial charge in [-0.1, -0.05) is 36.4 Å². The lowest BCUT2D eigenvalue weighted by Crippen LogP contribution is -2.36. The molecule has 1 amide bonds. The molecule has 3 rings (SSSR count). The van der Waals surface area contributed by atoms with Crippen LogP contribution < -0.4 is 15.5 Å². The van der Waals surface area contributed by atoms with Crippen molar-refractivity contribution >= 4 is 34.6 Å². The van der Waals surface area contributed by atoms with Crippen molar-refractivity contribution in [2.75, 3.05) is 16.8 Å². The van der Waals surface area contributed by atoms with Crippen LogP contribution in [0.4, 0.5) is 11.4 Å². The number of rotatable bonds is 6. The summed E-state index contributed by atoms with van der Waals surface area (Å²) in [6.07, 6.45) is 3.59. The van der Waals surface area contributed by atoms with Gasteiger partial charge in [0.05, 0.1) is 0 Å². The summed E-state index contributed by atoms with van der Waals surface area (Å²) in [5, 5.41) is 7.18. The molecule has 0 saturated carbocycles. The fourth-order valence-corrected chi connectivity index (χ4v) is 3.48. The molecule has 4 nitrogen and oxygen atoms in total. The van der Waals surface area contributed by atoms with Crippen LogP contribution in [0.25, 0.3) is 0 Å². The minimum absolute atomic E-state index is 0.192. The number of anilines is 2. The van der Waals surface area contributed by atoms with Gasteiger partial charge in [-0.3, -0.25) is 4.79 Å². The van der Waals surface area contributed by atoms with Gasteiger partial charge in [-0.15, -0.1) is 0 Å². The summed E-state index contributed by atoms with van der Waals surface area (Å²) in [6.45, 7) is 2.93. The molecule has 2 N–H and O–H groups in total. The largest absolute Gasteiger partial charge is 0.360 e. The van der Waals surface area contributed by atoms with E-state index in [0.29, 0.717) is 11.5 Å². The monoisotopic (exact) mass is 367 g/mol. The van der Waals surface area contributed by atoms with Crippen molar-refractivity contribution in [3.05, 3.63) is 60.2 Å². The first-order valence-corrected chi connectivity index (χ1v) is 9.54. The Hall–Kier alpha value is -2.40. The highest BCUT2D eigenvalue weighted by molar-refractivity contribution is 7.80. The number of hydrogen-bond acceptors (Lipinski definition) is 2. The predicted octanol–water partition coefficient (Wildman–Crippen LogP) is 4.12. The molecule has 1 saturated heterocycles. The van der Waals surface area contributed by atoms with E-state index in [-0.39, 0.29) is 11.9 Å². The third kappa shape index (κ3) is 5.05. The van der Waals surface area contributed by atoms with Crippen LogP contribution in [0, 0.1) is 0 Å². The molecule has 0 radical (unpaired) electrons. The predicted molar refractivity (Wildman–Crippen MR) is 112 cm³/mol. The average molecular weight is 368 g/mol. The lowest BCUT2D eigenvalue weighted by Gasteiger charge is -2.19. The van der Waals surface area contributed by atoms with Gasteiger partial charge < -0.3 is 15.5 Å². The standard InChI is InChI=1S/C21H25N3OS/c1-16(12-13-17-7-3-2-4-8-17)22-21(26)23-18-9-5-10-19(15-18)24-14-6-11-20(24)25/h2-5,7-10,15-16H,6,11-14H2,1H3,(H2,22,23,26). The van der Waals surface area contributed by atoms with E-state index in [0.717, 1.165) is 37.2 Å². The van der Waals surface area contributed by atoms with Gasteiger partial charge in [0.2, 0.25) is 5.91 Å². The molecule has 136 valence electrons. The lowest BCUT2D eigenvalue weighted by atomic mass is 10.1. The van der Waals surface area contributed by atoms with Gasteiger partial charge in [0.15, 0.2) is 5.11 Å². The second-order valence-corrected chi connectivity index (χ2v) is 7.13. The van der Waals surface area contributed by atoms with Crippen LogP contribution in [-0.4, -0.2) is 23.6 Å². The topological polar surface area (TPSA) is 44.4 Å². The number of benzene rings is 2. The number of thiocarbonyl (C=S) groups is 1. The third-order valence-electron chi connectivity index (χ3n) is 4.58. The molecule has 5 heteroatoms. The van der Waals surface area contributed by atoms with Crippen molar-refractivity contribution < 1.29 is 4.79 Å². The molecular weight excluding hydrogens is 342 g/mol. The summed E-state index contributed by atoms with van der Waals surface area (Å²) >= 11 is 5.44. The lowest BCUT2D eigenvalue weighted by molar-refractivity contribution is -0.117. The van der Waals surface area contributed by atoms with E-state index in [9.17, 15) is 4.79 Å². The fraction of sp³-hybridized carbons (Fsp3) is 0.333. The third-order valence-corrected chi connectivity index (χ3v) is 4.80. The van der Waals surface area contributed by atoms with E-state index in [1.807, 2.05) is 35.2 Å². The Labute approximate surface area is 160 Å². The zero-order valence-electron chi connectivity index (χ0n) is 15.1. The summed E-state index contributed by atoms with van der Waals surface area (Å²) in [6, 6.07) is 18.6. The highest BCUT2D eigenvalue weighted by Gasteiger charge is 2.21. The number of carbonyl (C=O) groups excluding carboxylic acids is 1. The van der Waals surface area contributed by atoms with Gasteiger partial charge in [-0.25, -0.2) is 0 Å². The molecule has 1 aliphatic heterocycles. The average Bonchev–Trinajstić information content (AvgIpc) is 3.07. The maximum Gasteiger partial charge on any atom is 0.227 e. The Balaban J connectivity index is 1.50. The number of nitrogens with zero attached hydrogens (tertiary/aromatic N) is 1. The first-order valence-electron chi connectivity index (χ1n) is 9.14. The summed E-state index contributed by atoms with van der Waals surface area (Å²) in [5.41, 5.74) is 3.16. The quantitative estimate of drug-likeness (QED) is 0.754. The maximum atomic E-state index is 11.9. The minimum atomic E-state index is 0.192. The summed E-state index contributed by atoms with van der Waals surface area (Å²) in [5.74, 6) is 0.192. The van der Waals surface area contributed by atoms with Crippen molar-refractivity contribution in [2.24, 2.45) is 0 Å². The zero-order valence-corrected chi connectivity index (χ0v) is 15.9. The summed E-state index contributed by atoms with van der Waals surface area (Å²) < 4.78 is 0. The number of hydrogen-bond donors (Lipinski definition) is 2. The van der Waals surface area contributed by atoms with Crippen LogP contribution in [0.3, 0.4) is 0 Å². The SMILES string of the molecule is CC(CCc1ccccc1)NC(=S)Nc1cccc(N2CCCC2=O)c1. The van der Waals surface area contributed by atoms with Gasteiger partial charge in [-0.2, -0.15) is 0 Å². The molecular formula is C21H25N3OS. The van der Waals surface area contributed by atoms with Gasteiger partial charge >= 0.3 is 0 Å². The van der Waals surface area contributed by atoms with Crippen LogP contribution in [0.1, 0.15) is 31.7 Å². The van der Waals surface area contributed by atoms with E-state index in [1.54, 1.807) is 0 Å². The molecule has 0 spiro atoms. The molecule has 2 aromatic carbocycles. The van der Waals surface area contributed by atoms with Gasteiger partial charge in [0.1, 0.15) is 0 Å². The Bertz CT molecular complexity index is 763. The van der Waals surface area contributed by atoms with E-state index in [2.05, 4.69) is 41.8 Å². The van der Waals surface area contributed by atoms with Gasteiger partial charge in [0.25, 0.3) is 0 Å². The number of amides is 1. The van der Waals surface area contributed by atoms with Crippen LogP contribution in [0.15, 0.2) is 54.6 Å². The van der Waals surface area contributed by atoms with E-state index in [1.165, 1.54) is 5.56 Å². The highest BCUT2D eigenvalue weighted by Crippen LogP contribution is 2.24. The smallest absolute Gasteiger partial charge is 0.227 e. The number of nitrogens with one attached hydrogen (secondary N) is 2. The van der Waals surface area contributed by atoms with Crippen LogP contribution in [0.5, 0.6) is 0 Å². The maximum absolute atomic E-state index is 11.9. The summed E-state index contributed by atoms with van der Waals surface area (Å²) in [7, 11) is 0. The Kier molecular flexibility index (Phi) is 6.23. The second kappa shape index (κ2) is 8.81. The summed E-state index contributed by atoms with van der Waals surface area (Å²) in [4.78, 5) is 13.7. The van der Waals surface area contributed by atoms with Gasteiger partial charge in [-0.05, 0) is 62.2 Å². The van der Waals surface area contributed by atoms with Crippen molar-refractivity contribution in [1.82, 2.24) is 5.32 Å². The highest BCUT2D eigenvalue weighted by atomic mass is 32.1. The van der Waals surface area contributed by atoms with Crippen molar-refractivity contribution in [3.63, 3.8) is 0 Å². The fourth-order valence-electron chi connectivity index (χ4n) is 3.16. The Morgan fingerprint density at radius 2 is 2.00 bits per heavy atom. The molecule has 1 fully saturated rings. The zero-order chi connectivity index (χ0) is 18.4. The molecule has 1 aliphatic rings. The number of carbonyl (C=O) groups is 1. The minimum Gasteiger partial charge on any atom is -0.360 e. The van der Waals surface area contributed by atoms with E-state index in [4.69, 9.17) is 12.2 Å². The molecule has 0 aliphatic carbocycles. The Morgan fingerprint density at radius 3 is 2.73 bits per heavy atom. The number of aryl methyl sites for hydroxylation is 1.